The molecule has 0 fully saturated rings. The van der Waals surface area contributed by atoms with Crippen molar-refractivity contribution in [2.24, 2.45) is 0 Å². The van der Waals surface area contributed by atoms with Gasteiger partial charge in [0.25, 0.3) is 5.91 Å². The molecule has 3 aromatic rings. The third-order valence-corrected chi connectivity index (χ3v) is 4.46. The summed E-state index contributed by atoms with van der Waals surface area (Å²) in [5, 5.41) is 3.39. The molecule has 2 aromatic carbocycles. The average Bonchev–Trinajstić information content (AvgIpc) is 3.04. The molecule has 0 unspecified atom stereocenters. The second-order valence-electron chi connectivity index (χ2n) is 6.41. The summed E-state index contributed by atoms with van der Waals surface area (Å²) in [6.45, 7) is 3.75. The molecule has 7 heteroatoms. The molecule has 3 rings (SSSR count). The molecule has 0 bridgehead atoms. The van der Waals surface area contributed by atoms with Crippen molar-refractivity contribution < 1.29 is 22.7 Å². The Kier molecular flexibility index (Phi) is 4.87. The van der Waals surface area contributed by atoms with Gasteiger partial charge in [0, 0.05) is 10.9 Å². The van der Waals surface area contributed by atoms with Crippen LogP contribution in [0.4, 0.5) is 13.2 Å². The van der Waals surface area contributed by atoms with Crippen molar-refractivity contribution in [3.05, 3.63) is 64.8 Å². The van der Waals surface area contributed by atoms with Gasteiger partial charge in [0.15, 0.2) is 0 Å². The van der Waals surface area contributed by atoms with E-state index in [1.165, 1.54) is 12.1 Å². The van der Waals surface area contributed by atoms with Crippen LogP contribution in [0.25, 0.3) is 10.9 Å². The van der Waals surface area contributed by atoms with Crippen molar-refractivity contribution in [3.63, 3.8) is 0 Å². The number of H-pyrrole nitrogens is 1. The maximum Gasteiger partial charge on any atom is 0.416 e. The zero-order valence-corrected chi connectivity index (χ0v) is 15.1. The minimum atomic E-state index is -4.43. The van der Waals surface area contributed by atoms with Crippen molar-refractivity contribution in [2.45, 2.75) is 26.1 Å². The first-order valence-corrected chi connectivity index (χ1v) is 8.34. The Labute approximate surface area is 154 Å². The van der Waals surface area contributed by atoms with Crippen molar-refractivity contribution in [1.82, 2.24) is 10.3 Å². The molecule has 27 heavy (non-hydrogen) atoms. The number of carbonyl (C=O) groups excluding carboxylic acids is 1. The van der Waals surface area contributed by atoms with Gasteiger partial charge in [0.2, 0.25) is 0 Å². The number of amides is 1. The molecule has 0 aliphatic heterocycles. The summed E-state index contributed by atoms with van der Waals surface area (Å²) in [7, 11) is 1.59. The third-order valence-electron chi connectivity index (χ3n) is 4.46. The quantitative estimate of drug-likeness (QED) is 0.674. The van der Waals surface area contributed by atoms with Crippen molar-refractivity contribution in [2.75, 3.05) is 7.11 Å². The van der Waals surface area contributed by atoms with E-state index in [9.17, 15) is 18.0 Å². The highest BCUT2D eigenvalue weighted by atomic mass is 19.4. The van der Waals surface area contributed by atoms with Crippen LogP contribution >= 0.6 is 0 Å². The number of halogens is 3. The Morgan fingerprint density at radius 1 is 1.15 bits per heavy atom. The minimum absolute atomic E-state index is 0.210. The molecule has 1 atom stereocenters. The lowest BCUT2D eigenvalue weighted by Gasteiger charge is -2.15. The van der Waals surface area contributed by atoms with Gasteiger partial charge >= 0.3 is 6.18 Å². The molecule has 1 aromatic heterocycles. The molecule has 0 saturated heterocycles. The Hall–Kier alpha value is -2.96. The molecule has 1 amide bonds. The van der Waals surface area contributed by atoms with E-state index in [-0.39, 0.29) is 23.2 Å². The van der Waals surface area contributed by atoms with Crippen molar-refractivity contribution in [3.8, 4) is 5.75 Å². The van der Waals surface area contributed by atoms with E-state index in [0.717, 1.165) is 29.0 Å². The molecule has 1 heterocycles. The van der Waals surface area contributed by atoms with Gasteiger partial charge in [0.05, 0.1) is 18.7 Å². The van der Waals surface area contributed by atoms with Crippen LogP contribution in [0.2, 0.25) is 0 Å². The number of rotatable bonds is 4. The SMILES string of the molecule is COc1ccc([C@@H](C)NC(=O)c2cc3ccc(C(F)(F)F)cc3[nH]2)cc1C. The normalized spacial score (nSPS) is 12.8. The number of ether oxygens (including phenoxy) is 1. The summed E-state index contributed by atoms with van der Waals surface area (Å²) in [6, 6.07) is 10.2. The molecular formula is C20H19F3N2O2. The highest BCUT2D eigenvalue weighted by Gasteiger charge is 2.30. The first-order chi connectivity index (χ1) is 12.7. The van der Waals surface area contributed by atoms with Gasteiger partial charge in [-0.3, -0.25) is 4.79 Å². The predicted octanol–water partition coefficient (Wildman–Crippen LogP) is 4.99. The van der Waals surface area contributed by atoms with Crippen LogP contribution in [-0.2, 0) is 6.18 Å². The third kappa shape index (κ3) is 3.92. The molecule has 4 nitrogen and oxygen atoms in total. The number of carbonyl (C=O) groups is 1. The molecule has 0 aliphatic rings. The van der Waals surface area contributed by atoms with Gasteiger partial charge in [-0.1, -0.05) is 18.2 Å². The van der Waals surface area contributed by atoms with E-state index in [0.29, 0.717) is 5.39 Å². The van der Waals surface area contributed by atoms with Gasteiger partial charge in [-0.05, 0) is 49.2 Å². The zero-order chi connectivity index (χ0) is 19.8. The maximum atomic E-state index is 12.8. The van der Waals surface area contributed by atoms with E-state index in [2.05, 4.69) is 10.3 Å². The predicted molar refractivity (Wildman–Crippen MR) is 96.9 cm³/mol. The van der Waals surface area contributed by atoms with Crippen LogP contribution in [-0.4, -0.2) is 18.0 Å². The lowest BCUT2D eigenvalue weighted by atomic mass is 10.0. The monoisotopic (exact) mass is 376 g/mol. The van der Waals surface area contributed by atoms with Gasteiger partial charge in [-0.2, -0.15) is 13.2 Å². The molecule has 142 valence electrons. The number of nitrogens with one attached hydrogen (secondary N) is 2. The Bertz CT molecular complexity index is 993. The number of hydrogen-bond donors (Lipinski definition) is 2. The second kappa shape index (κ2) is 6.98. The highest BCUT2D eigenvalue weighted by molar-refractivity contribution is 5.98. The van der Waals surface area contributed by atoms with Crippen LogP contribution in [0.15, 0.2) is 42.5 Å². The Balaban J connectivity index is 1.80. The Morgan fingerprint density at radius 2 is 1.89 bits per heavy atom. The standard InChI is InChI=1S/C20H19F3N2O2/c1-11-8-13(5-7-18(11)27-3)12(2)24-19(26)17-9-14-4-6-15(20(21,22)23)10-16(14)25-17/h4-10,12,25H,1-3H3,(H,24,26)/t12-/m1/s1. The van der Waals surface area contributed by atoms with E-state index < -0.39 is 11.7 Å². The molecule has 0 aliphatic carbocycles. The lowest BCUT2D eigenvalue weighted by molar-refractivity contribution is -0.137. The molecule has 0 saturated carbocycles. The number of aromatic amines is 1. The van der Waals surface area contributed by atoms with E-state index >= 15 is 0 Å². The summed E-state index contributed by atoms with van der Waals surface area (Å²) >= 11 is 0. The summed E-state index contributed by atoms with van der Waals surface area (Å²) in [4.78, 5) is 15.3. The largest absolute Gasteiger partial charge is 0.496 e. The number of fused-ring (bicyclic) bond motifs is 1. The van der Waals surface area contributed by atoms with Crippen molar-refractivity contribution in [1.29, 1.82) is 0 Å². The number of aryl methyl sites for hydroxylation is 1. The smallest absolute Gasteiger partial charge is 0.416 e. The number of benzene rings is 2. The fourth-order valence-corrected chi connectivity index (χ4v) is 2.95. The zero-order valence-electron chi connectivity index (χ0n) is 15.1. The van der Waals surface area contributed by atoms with Gasteiger partial charge in [-0.25, -0.2) is 0 Å². The van der Waals surface area contributed by atoms with E-state index in [1.54, 1.807) is 7.11 Å². The van der Waals surface area contributed by atoms with E-state index in [4.69, 9.17) is 4.74 Å². The highest BCUT2D eigenvalue weighted by Crippen LogP contribution is 2.31. The summed E-state index contributed by atoms with van der Waals surface area (Å²) in [5.41, 5.74) is 1.56. The fraction of sp³-hybridized carbons (Fsp3) is 0.250. The summed E-state index contributed by atoms with van der Waals surface area (Å²) in [6.07, 6.45) is -4.43. The van der Waals surface area contributed by atoms with Crippen LogP contribution in [0.3, 0.4) is 0 Å². The van der Waals surface area contributed by atoms with Crippen LogP contribution in [0.1, 0.15) is 40.1 Å². The first-order valence-electron chi connectivity index (χ1n) is 8.34. The van der Waals surface area contributed by atoms with Crippen molar-refractivity contribution >= 4 is 16.8 Å². The average molecular weight is 376 g/mol. The molecule has 2 N–H and O–H groups in total. The summed E-state index contributed by atoms with van der Waals surface area (Å²) in [5.74, 6) is 0.370. The number of hydrogen-bond acceptors (Lipinski definition) is 2. The number of alkyl halides is 3. The minimum Gasteiger partial charge on any atom is -0.496 e. The number of aromatic nitrogens is 1. The second-order valence-corrected chi connectivity index (χ2v) is 6.41. The molecule has 0 spiro atoms. The van der Waals surface area contributed by atoms with Gasteiger partial charge in [0.1, 0.15) is 11.4 Å². The van der Waals surface area contributed by atoms with Crippen LogP contribution in [0.5, 0.6) is 5.75 Å². The van der Waals surface area contributed by atoms with Crippen LogP contribution < -0.4 is 10.1 Å². The lowest BCUT2D eigenvalue weighted by Crippen LogP contribution is -2.26. The fourth-order valence-electron chi connectivity index (χ4n) is 2.95. The maximum absolute atomic E-state index is 12.8. The first kappa shape index (κ1) is 18.8. The molecular weight excluding hydrogens is 357 g/mol. The Morgan fingerprint density at radius 3 is 2.52 bits per heavy atom. The van der Waals surface area contributed by atoms with Gasteiger partial charge in [-0.15, -0.1) is 0 Å². The van der Waals surface area contributed by atoms with E-state index in [1.807, 2.05) is 32.0 Å². The molecule has 0 radical (unpaired) electrons. The van der Waals surface area contributed by atoms with Gasteiger partial charge < -0.3 is 15.0 Å². The number of methoxy groups -OCH3 is 1. The summed E-state index contributed by atoms with van der Waals surface area (Å²) < 4.78 is 43.7. The van der Waals surface area contributed by atoms with Crippen LogP contribution in [0, 0.1) is 6.92 Å². The topological polar surface area (TPSA) is 54.1 Å².